The average Bonchev–Trinajstić information content (AvgIpc) is 2.25. The number of benzene rings is 1. The Hall–Kier alpha value is -1.73. The third kappa shape index (κ3) is 4.64. The maximum atomic E-state index is 11.1. The molecule has 2 N–H and O–H groups in total. The molecule has 1 rings (SSSR count). The fourth-order valence-electron chi connectivity index (χ4n) is 1.19. The number of sulfonamides is 1. The van der Waals surface area contributed by atoms with Crippen molar-refractivity contribution < 1.29 is 22.7 Å². The molecule has 18 heavy (non-hydrogen) atoms. The first-order valence-electron chi connectivity index (χ1n) is 5.06. The Morgan fingerprint density at radius 2 is 1.78 bits per heavy atom. The van der Waals surface area contributed by atoms with Crippen LogP contribution in [-0.4, -0.2) is 20.2 Å². The zero-order chi connectivity index (χ0) is 13.8. The van der Waals surface area contributed by atoms with Gasteiger partial charge in [0.15, 0.2) is 0 Å². The molecule has 0 amide bonds. The molecular formula is C11H13NO5S. The van der Waals surface area contributed by atoms with Crippen molar-refractivity contribution in [1.29, 1.82) is 0 Å². The number of primary sulfonamides is 1. The molecule has 0 unspecified atom stereocenters. The number of esters is 1. The molecule has 1 aromatic rings. The second-order valence-electron chi connectivity index (χ2n) is 3.73. The quantitative estimate of drug-likeness (QED) is 0.615. The lowest BCUT2D eigenvalue weighted by molar-refractivity contribution is -0.146. The Kier molecular flexibility index (Phi) is 4.57. The highest BCUT2D eigenvalue weighted by molar-refractivity contribution is 7.89. The molecular weight excluding hydrogens is 258 g/mol. The summed E-state index contributed by atoms with van der Waals surface area (Å²) in [6.07, 6.45) is -0.269. The van der Waals surface area contributed by atoms with Crippen molar-refractivity contribution in [3.63, 3.8) is 0 Å². The highest BCUT2D eigenvalue weighted by Crippen LogP contribution is 2.09. The van der Waals surface area contributed by atoms with Crippen molar-refractivity contribution in [1.82, 2.24) is 0 Å². The van der Waals surface area contributed by atoms with E-state index >= 15 is 0 Å². The largest absolute Gasteiger partial charge is 0.460 e. The van der Waals surface area contributed by atoms with E-state index < -0.39 is 16.0 Å². The molecule has 0 saturated carbocycles. The van der Waals surface area contributed by atoms with Crippen LogP contribution in [0.1, 0.15) is 18.9 Å². The zero-order valence-electron chi connectivity index (χ0n) is 9.75. The van der Waals surface area contributed by atoms with Crippen LogP contribution in [0.15, 0.2) is 29.2 Å². The lowest BCUT2D eigenvalue weighted by Gasteiger charge is -2.04. The smallest absolute Gasteiger partial charge is 0.313 e. The van der Waals surface area contributed by atoms with Crippen molar-refractivity contribution in [3.05, 3.63) is 29.8 Å². The number of nitrogens with two attached hydrogens (primary N) is 1. The van der Waals surface area contributed by atoms with E-state index in [2.05, 4.69) is 0 Å². The van der Waals surface area contributed by atoms with Gasteiger partial charge in [0.1, 0.15) is 18.8 Å². The molecule has 6 nitrogen and oxygen atoms in total. The van der Waals surface area contributed by atoms with E-state index in [1.54, 1.807) is 0 Å². The van der Waals surface area contributed by atoms with E-state index in [1.807, 2.05) is 0 Å². The Morgan fingerprint density at radius 3 is 2.22 bits per heavy atom. The fraction of sp³-hybridized carbons (Fsp3) is 0.273. The average molecular weight is 271 g/mol. The summed E-state index contributed by atoms with van der Waals surface area (Å²) in [6, 6.07) is 5.62. The van der Waals surface area contributed by atoms with Crippen molar-refractivity contribution >= 4 is 21.8 Å². The number of Topliss-reactive ketones (excluding diaryl/α,β-unsaturated/α-hetero) is 1. The predicted molar refractivity (Wildman–Crippen MR) is 62.9 cm³/mol. The van der Waals surface area contributed by atoms with Crippen LogP contribution < -0.4 is 5.14 Å². The minimum Gasteiger partial charge on any atom is -0.460 e. The Balaban J connectivity index is 2.60. The molecule has 0 aliphatic carbocycles. The molecule has 98 valence electrons. The summed E-state index contributed by atoms with van der Waals surface area (Å²) >= 11 is 0. The Morgan fingerprint density at radius 1 is 1.22 bits per heavy atom. The van der Waals surface area contributed by atoms with Crippen molar-refractivity contribution in [2.75, 3.05) is 0 Å². The molecule has 0 atom stereocenters. The van der Waals surface area contributed by atoms with E-state index in [0.29, 0.717) is 5.56 Å². The van der Waals surface area contributed by atoms with E-state index in [4.69, 9.17) is 9.88 Å². The maximum absolute atomic E-state index is 11.1. The zero-order valence-corrected chi connectivity index (χ0v) is 10.6. The number of hydrogen-bond acceptors (Lipinski definition) is 5. The number of hydrogen-bond donors (Lipinski definition) is 1. The van der Waals surface area contributed by atoms with Crippen LogP contribution in [-0.2, 0) is 31.0 Å². The number of ketones is 1. The van der Waals surface area contributed by atoms with Gasteiger partial charge in [-0.1, -0.05) is 12.1 Å². The number of ether oxygens (including phenoxy) is 1. The van der Waals surface area contributed by atoms with Gasteiger partial charge in [0, 0.05) is 0 Å². The van der Waals surface area contributed by atoms with Crippen molar-refractivity contribution in [3.8, 4) is 0 Å². The number of rotatable bonds is 5. The molecule has 1 aromatic carbocycles. The van der Waals surface area contributed by atoms with E-state index in [-0.39, 0.29) is 23.7 Å². The van der Waals surface area contributed by atoms with Crippen molar-refractivity contribution in [2.24, 2.45) is 5.14 Å². The second-order valence-corrected chi connectivity index (χ2v) is 5.29. The van der Waals surface area contributed by atoms with Gasteiger partial charge in [-0.05, 0) is 24.6 Å². The predicted octanol–water partition coefficient (Wildman–Crippen LogP) is 0.356. The number of carbonyl (C=O) groups is 2. The molecule has 0 aliphatic heterocycles. The lowest BCUT2D eigenvalue weighted by atomic mass is 10.2. The summed E-state index contributed by atoms with van der Waals surface area (Å²) < 4.78 is 26.8. The SMILES string of the molecule is CC(=O)CC(=O)OCc1ccc(S(N)(=O)=O)cc1. The normalized spacial score (nSPS) is 11.0. The monoisotopic (exact) mass is 271 g/mol. The maximum Gasteiger partial charge on any atom is 0.313 e. The van der Waals surface area contributed by atoms with Crippen molar-refractivity contribution in [2.45, 2.75) is 24.8 Å². The summed E-state index contributed by atoms with van der Waals surface area (Å²) in [4.78, 5) is 21.7. The first-order chi connectivity index (χ1) is 8.29. The molecule has 0 aromatic heterocycles. The third-order valence-electron chi connectivity index (χ3n) is 2.04. The van der Waals surface area contributed by atoms with Gasteiger partial charge in [-0.3, -0.25) is 9.59 Å². The van der Waals surface area contributed by atoms with Crippen LogP contribution in [0.4, 0.5) is 0 Å². The first-order valence-corrected chi connectivity index (χ1v) is 6.60. The van der Waals surface area contributed by atoms with Crippen LogP contribution in [0.2, 0.25) is 0 Å². The molecule has 0 aliphatic rings. The highest BCUT2D eigenvalue weighted by atomic mass is 32.2. The highest BCUT2D eigenvalue weighted by Gasteiger charge is 2.09. The van der Waals surface area contributed by atoms with Gasteiger partial charge in [-0.2, -0.15) is 0 Å². The van der Waals surface area contributed by atoms with Gasteiger partial charge < -0.3 is 4.74 Å². The van der Waals surface area contributed by atoms with E-state index in [9.17, 15) is 18.0 Å². The van der Waals surface area contributed by atoms with Gasteiger partial charge in [-0.25, -0.2) is 13.6 Å². The molecule has 0 saturated heterocycles. The minimum absolute atomic E-state index is 0.0127. The molecule has 0 bridgehead atoms. The Labute approximate surface area is 105 Å². The summed E-state index contributed by atoms with van der Waals surface area (Å²) in [5.74, 6) is -0.886. The minimum atomic E-state index is -3.72. The lowest BCUT2D eigenvalue weighted by Crippen LogP contribution is -2.12. The van der Waals surface area contributed by atoms with Crippen LogP contribution >= 0.6 is 0 Å². The first kappa shape index (κ1) is 14.3. The summed E-state index contributed by atoms with van der Waals surface area (Å²) in [5.41, 5.74) is 0.610. The summed E-state index contributed by atoms with van der Waals surface area (Å²) in [7, 11) is -3.72. The topological polar surface area (TPSA) is 104 Å². The summed E-state index contributed by atoms with van der Waals surface area (Å²) in [5, 5.41) is 4.93. The third-order valence-corrected chi connectivity index (χ3v) is 2.97. The standard InChI is InChI=1S/C11H13NO5S/c1-8(13)6-11(14)17-7-9-2-4-10(5-3-9)18(12,15)16/h2-5H,6-7H2,1H3,(H2,12,15,16). The molecule has 7 heteroatoms. The van der Waals surface area contributed by atoms with Crippen LogP contribution in [0.5, 0.6) is 0 Å². The van der Waals surface area contributed by atoms with E-state index in [0.717, 1.165) is 0 Å². The molecule has 0 fully saturated rings. The van der Waals surface area contributed by atoms with Crippen LogP contribution in [0, 0.1) is 0 Å². The van der Waals surface area contributed by atoms with Gasteiger partial charge >= 0.3 is 5.97 Å². The molecule has 0 spiro atoms. The molecule has 0 heterocycles. The number of carbonyl (C=O) groups excluding carboxylic acids is 2. The van der Waals surface area contributed by atoms with Gasteiger partial charge in [0.2, 0.25) is 10.0 Å². The van der Waals surface area contributed by atoms with E-state index in [1.165, 1.54) is 31.2 Å². The molecule has 0 radical (unpaired) electrons. The van der Waals surface area contributed by atoms with Gasteiger partial charge in [-0.15, -0.1) is 0 Å². The summed E-state index contributed by atoms with van der Waals surface area (Å²) in [6.45, 7) is 1.28. The van der Waals surface area contributed by atoms with Crippen LogP contribution in [0.3, 0.4) is 0 Å². The Bertz CT molecular complexity index is 547. The second kappa shape index (κ2) is 5.74. The fourth-order valence-corrected chi connectivity index (χ4v) is 1.71. The van der Waals surface area contributed by atoms with Gasteiger partial charge in [0.05, 0.1) is 4.90 Å². The van der Waals surface area contributed by atoms with Crippen LogP contribution in [0.25, 0.3) is 0 Å². The van der Waals surface area contributed by atoms with Gasteiger partial charge in [0.25, 0.3) is 0 Å².